The van der Waals surface area contributed by atoms with Gasteiger partial charge in [-0.1, -0.05) is 24.3 Å². The van der Waals surface area contributed by atoms with Gasteiger partial charge in [0.2, 0.25) is 11.7 Å². The normalized spacial score (nSPS) is 12.9. The number of carbonyl (C=O) groups excluding carboxylic acids is 1. The number of nitrogens with zero attached hydrogens (tertiary/aromatic N) is 1. The first-order valence-corrected chi connectivity index (χ1v) is 10.7. The van der Waals surface area contributed by atoms with Gasteiger partial charge in [0, 0.05) is 5.56 Å². The van der Waals surface area contributed by atoms with E-state index in [9.17, 15) is 26.4 Å². The molecule has 31 heavy (non-hydrogen) atoms. The third kappa shape index (κ3) is 5.00. The van der Waals surface area contributed by atoms with Crippen molar-refractivity contribution in [3.05, 3.63) is 66.1 Å². The van der Waals surface area contributed by atoms with Crippen molar-refractivity contribution in [2.45, 2.75) is 22.7 Å². The molecule has 164 valence electrons. The van der Waals surface area contributed by atoms with Crippen molar-refractivity contribution in [1.29, 1.82) is 0 Å². The number of alkyl halides is 4. The molecule has 0 aliphatic carbocycles. The first-order chi connectivity index (χ1) is 14.5. The Morgan fingerprint density at radius 3 is 2.42 bits per heavy atom. The predicted octanol–water partition coefficient (Wildman–Crippen LogP) is 4.48. The summed E-state index contributed by atoms with van der Waals surface area (Å²) < 4.78 is 67.9. The predicted molar refractivity (Wildman–Crippen MR) is 107 cm³/mol. The van der Waals surface area contributed by atoms with Crippen molar-refractivity contribution in [3.8, 4) is 11.5 Å². The van der Waals surface area contributed by atoms with Crippen molar-refractivity contribution in [1.82, 2.24) is 10.4 Å². The third-order valence-electron chi connectivity index (χ3n) is 4.03. The Hall–Kier alpha value is -3.05. The highest BCUT2D eigenvalue weighted by Crippen LogP contribution is 2.35. The van der Waals surface area contributed by atoms with Gasteiger partial charge in [0.15, 0.2) is 15.5 Å². The van der Waals surface area contributed by atoms with Gasteiger partial charge >= 0.3 is 6.18 Å². The van der Waals surface area contributed by atoms with Crippen LogP contribution >= 0.6 is 11.6 Å². The molecule has 0 fully saturated rings. The number of halogens is 4. The van der Waals surface area contributed by atoms with Gasteiger partial charge in [-0.3, -0.25) is 15.6 Å². The zero-order valence-corrected chi connectivity index (χ0v) is 17.3. The molecule has 1 atom stereocenters. The van der Waals surface area contributed by atoms with Gasteiger partial charge in [0.05, 0.1) is 10.6 Å². The summed E-state index contributed by atoms with van der Waals surface area (Å²) in [5, 5.41) is 0. The van der Waals surface area contributed by atoms with Gasteiger partial charge in [0.25, 0.3) is 5.91 Å². The maximum atomic E-state index is 13.3. The van der Waals surface area contributed by atoms with Crippen LogP contribution in [0.4, 0.5) is 18.9 Å². The van der Waals surface area contributed by atoms with Crippen molar-refractivity contribution < 1.29 is 30.8 Å². The quantitative estimate of drug-likeness (QED) is 0.404. The lowest BCUT2D eigenvalue weighted by molar-refractivity contribution is -0.153. The minimum atomic E-state index is -4.96. The van der Waals surface area contributed by atoms with E-state index in [1.807, 2.05) is 0 Å². The molecule has 0 aliphatic rings. The molecule has 2 aromatic carbocycles. The second-order valence-electron chi connectivity index (χ2n) is 6.26. The molecule has 0 spiro atoms. The number of hydrazine groups is 1. The average molecular weight is 474 g/mol. The number of amides is 1. The molecule has 3 rings (SSSR count). The van der Waals surface area contributed by atoms with Gasteiger partial charge in [-0.2, -0.15) is 13.2 Å². The molecule has 12 heteroatoms. The second-order valence-corrected chi connectivity index (χ2v) is 9.44. The van der Waals surface area contributed by atoms with E-state index >= 15 is 0 Å². The van der Waals surface area contributed by atoms with E-state index in [4.69, 9.17) is 16.0 Å². The van der Waals surface area contributed by atoms with E-state index in [1.54, 1.807) is 18.2 Å². The zero-order chi connectivity index (χ0) is 22.8. The fraction of sp³-hybridized carbons (Fsp3) is 0.158. The Morgan fingerprint density at radius 1 is 1.13 bits per heavy atom. The monoisotopic (exact) mass is 473 g/mol. The fourth-order valence-corrected chi connectivity index (χ4v) is 3.74. The smallest absolute Gasteiger partial charge is 0.431 e. The van der Waals surface area contributed by atoms with E-state index in [-0.39, 0.29) is 22.0 Å². The van der Waals surface area contributed by atoms with E-state index in [0.29, 0.717) is 0 Å². The molecule has 0 saturated heterocycles. The van der Waals surface area contributed by atoms with Crippen LogP contribution in [-0.2, 0) is 16.0 Å². The zero-order valence-electron chi connectivity index (χ0n) is 15.8. The summed E-state index contributed by atoms with van der Waals surface area (Å²) >= 11 is 5.67. The van der Waals surface area contributed by atoms with Crippen LogP contribution in [0.1, 0.15) is 23.2 Å². The summed E-state index contributed by atoms with van der Waals surface area (Å²) in [7, 11) is -3.81. The maximum absolute atomic E-state index is 13.3. The molecule has 7 nitrogen and oxygen atoms in total. The van der Waals surface area contributed by atoms with E-state index in [2.05, 4.69) is 15.8 Å². The molecule has 0 radical (unpaired) electrons. The average Bonchev–Trinajstić information content (AvgIpc) is 3.19. The van der Waals surface area contributed by atoms with E-state index in [0.717, 1.165) is 0 Å². The number of benzene rings is 2. The number of sulfone groups is 1. The van der Waals surface area contributed by atoms with Crippen molar-refractivity contribution in [2.75, 3.05) is 5.43 Å². The summed E-state index contributed by atoms with van der Waals surface area (Å²) in [6.07, 6.45) is -4.96. The first kappa shape index (κ1) is 22.6. The van der Waals surface area contributed by atoms with Crippen molar-refractivity contribution in [2.24, 2.45) is 0 Å². The molecular weight excluding hydrogens is 459 g/mol. The van der Waals surface area contributed by atoms with E-state index < -0.39 is 38.1 Å². The van der Waals surface area contributed by atoms with Crippen LogP contribution in [0.3, 0.4) is 0 Å². The molecule has 1 unspecified atom stereocenters. The van der Waals surface area contributed by atoms with Crippen LogP contribution in [0.15, 0.2) is 63.9 Å². The lowest BCUT2D eigenvalue weighted by atomic mass is 10.2. The number of anilines is 1. The topological polar surface area (TPSA) is 101 Å². The molecule has 3 aromatic rings. The number of aromatic nitrogens is 1. The molecule has 2 N–H and O–H groups in total. The number of carbonyl (C=O) groups is 1. The molecule has 1 aromatic heterocycles. The molecule has 0 aliphatic heterocycles. The Balaban J connectivity index is 1.85. The summed E-state index contributed by atoms with van der Waals surface area (Å²) in [6, 6.07) is 13.0. The van der Waals surface area contributed by atoms with Crippen LogP contribution in [-0.4, -0.2) is 24.0 Å². The largest absolute Gasteiger partial charge is 0.452 e. The summed E-state index contributed by atoms with van der Waals surface area (Å²) in [5.74, 6) is -3.16. The maximum Gasteiger partial charge on any atom is 0.452 e. The molecule has 0 bridgehead atoms. The SMILES string of the molecule is CC(Cl)S(=O)(=O)c1cccc(NNC(=O)c2nc(-c3ccccc3)oc2C(F)(F)F)c1. The summed E-state index contributed by atoms with van der Waals surface area (Å²) in [6.45, 7) is 1.28. The molecular formula is C19H15ClF3N3O4S. The van der Waals surface area contributed by atoms with Crippen LogP contribution in [0.25, 0.3) is 11.5 Å². The summed E-state index contributed by atoms with van der Waals surface area (Å²) in [4.78, 5) is 15.9. The van der Waals surface area contributed by atoms with Crippen LogP contribution in [0.5, 0.6) is 0 Å². The third-order valence-corrected chi connectivity index (χ3v) is 6.50. The molecule has 0 saturated carbocycles. The number of nitrogens with one attached hydrogen (secondary N) is 2. The van der Waals surface area contributed by atoms with Crippen LogP contribution in [0.2, 0.25) is 0 Å². The van der Waals surface area contributed by atoms with Crippen LogP contribution < -0.4 is 10.9 Å². The van der Waals surface area contributed by atoms with Crippen molar-refractivity contribution >= 4 is 33.0 Å². The van der Waals surface area contributed by atoms with Crippen molar-refractivity contribution in [3.63, 3.8) is 0 Å². The highest BCUT2D eigenvalue weighted by atomic mass is 35.5. The van der Waals surface area contributed by atoms with Gasteiger partial charge < -0.3 is 4.42 Å². The molecule has 1 amide bonds. The number of hydrogen-bond acceptors (Lipinski definition) is 6. The van der Waals surface area contributed by atoms with Gasteiger partial charge in [-0.05, 0) is 37.3 Å². The Labute approximate surface area is 180 Å². The number of hydrogen-bond donors (Lipinski definition) is 2. The summed E-state index contributed by atoms with van der Waals surface area (Å²) in [5.41, 5.74) is 3.81. The minimum Gasteiger partial charge on any atom is -0.431 e. The second kappa shape index (κ2) is 8.60. The van der Waals surface area contributed by atoms with Gasteiger partial charge in [-0.15, -0.1) is 11.6 Å². The highest BCUT2D eigenvalue weighted by molar-refractivity contribution is 7.93. The minimum absolute atomic E-state index is 0.104. The first-order valence-electron chi connectivity index (χ1n) is 8.68. The van der Waals surface area contributed by atoms with Gasteiger partial charge in [-0.25, -0.2) is 13.4 Å². The Morgan fingerprint density at radius 2 is 1.81 bits per heavy atom. The lowest BCUT2D eigenvalue weighted by Crippen LogP contribution is -2.31. The highest BCUT2D eigenvalue weighted by Gasteiger charge is 2.42. The number of rotatable bonds is 6. The van der Waals surface area contributed by atoms with Gasteiger partial charge in [0.1, 0.15) is 4.71 Å². The fourth-order valence-electron chi connectivity index (χ4n) is 2.50. The lowest BCUT2D eigenvalue weighted by Gasteiger charge is -2.11. The number of oxazole rings is 1. The van der Waals surface area contributed by atoms with Crippen LogP contribution in [0, 0.1) is 0 Å². The van der Waals surface area contributed by atoms with E-state index in [1.165, 1.54) is 43.3 Å². The molecule has 1 heterocycles. The Kier molecular flexibility index (Phi) is 6.27. The Bertz CT molecular complexity index is 1200. The standard InChI is InChI=1S/C19H15ClF3N3O4S/c1-11(20)31(28,29)14-9-5-8-13(10-14)25-26-17(27)15-16(19(21,22)23)30-18(24-15)12-6-3-2-4-7-12/h2-11,25H,1H3,(H,26,27).